The van der Waals surface area contributed by atoms with E-state index in [0.717, 1.165) is 18.3 Å². The Labute approximate surface area is 84.5 Å². The van der Waals surface area contributed by atoms with E-state index < -0.39 is 0 Å². The molecule has 1 aliphatic rings. The Morgan fingerprint density at radius 3 is 3.07 bits per heavy atom. The third kappa shape index (κ3) is 2.54. The lowest BCUT2D eigenvalue weighted by Crippen LogP contribution is -2.30. The van der Waals surface area contributed by atoms with E-state index in [0.29, 0.717) is 6.04 Å². The minimum atomic E-state index is 0.588. The van der Waals surface area contributed by atoms with Gasteiger partial charge in [-0.3, -0.25) is 5.10 Å². The quantitative estimate of drug-likeness (QED) is 0.746. The van der Waals surface area contributed by atoms with E-state index in [2.05, 4.69) is 27.4 Å². The Balaban J connectivity index is 1.64. The van der Waals surface area contributed by atoms with Gasteiger partial charge in [-0.15, -0.1) is 0 Å². The first-order chi connectivity index (χ1) is 6.84. The van der Waals surface area contributed by atoms with E-state index >= 15 is 0 Å². The van der Waals surface area contributed by atoms with Crippen LogP contribution in [-0.4, -0.2) is 21.2 Å². The maximum atomic E-state index is 4.07. The minimum absolute atomic E-state index is 0.588. The van der Waals surface area contributed by atoms with Crippen molar-refractivity contribution in [1.82, 2.24) is 20.5 Å². The van der Waals surface area contributed by atoms with Gasteiger partial charge in [-0.1, -0.05) is 19.3 Å². The smallest absolute Gasteiger partial charge is 0.138 e. The van der Waals surface area contributed by atoms with E-state index in [9.17, 15) is 0 Å². The number of nitrogens with zero attached hydrogens (tertiary/aromatic N) is 2. The van der Waals surface area contributed by atoms with Gasteiger partial charge in [0.1, 0.15) is 12.2 Å². The van der Waals surface area contributed by atoms with Crippen molar-refractivity contribution in [3.05, 3.63) is 12.2 Å². The van der Waals surface area contributed by atoms with Gasteiger partial charge in [0.05, 0.1) is 6.54 Å². The third-order valence-corrected chi connectivity index (χ3v) is 2.99. The normalized spacial score (nSPS) is 19.2. The fourth-order valence-corrected chi connectivity index (χ4v) is 1.90. The molecule has 14 heavy (non-hydrogen) atoms. The van der Waals surface area contributed by atoms with Crippen LogP contribution >= 0.6 is 0 Å². The van der Waals surface area contributed by atoms with Crippen LogP contribution in [0.1, 0.15) is 38.4 Å². The van der Waals surface area contributed by atoms with Gasteiger partial charge in [-0.25, -0.2) is 4.98 Å². The monoisotopic (exact) mass is 194 g/mol. The number of H-pyrrole nitrogens is 1. The molecule has 0 aliphatic heterocycles. The van der Waals surface area contributed by atoms with Gasteiger partial charge in [0, 0.05) is 6.04 Å². The lowest BCUT2D eigenvalue weighted by molar-refractivity contribution is 0.265. The highest BCUT2D eigenvalue weighted by molar-refractivity contribution is 4.81. The largest absolute Gasteiger partial charge is 0.307 e. The van der Waals surface area contributed by atoms with Crippen molar-refractivity contribution in [3.63, 3.8) is 0 Å². The Morgan fingerprint density at radius 1 is 1.64 bits per heavy atom. The third-order valence-electron chi connectivity index (χ3n) is 2.99. The maximum Gasteiger partial charge on any atom is 0.138 e. The Hall–Kier alpha value is -0.900. The molecule has 0 aromatic carbocycles. The summed E-state index contributed by atoms with van der Waals surface area (Å²) in [6.45, 7) is 3.04. The molecule has 4 nitrogen and oxygen atoms in total. The first-order valence-corrected chi connectivity index (χ1v) is 5.42. The van der Waals surface area contributed by atoms with Crippen molar-refractivity contribution in [2.24, 2.45) is 5.92 Å². The number of aromatic nitrogens is 3. The SMILES string of the molecule is CC(CC1CCC1)NCc1ncn[nH]1. The van der Waals surface area contributed by atoms with E-state index in [4.69, 9.17) is 0 Å². The van der Waals surface area contributed by atoms with Crippen LogP contribution in [0.25, 0.3) is 0 Å². The van der Waals surface area contributed by atoms with Crippen molar-refractivity contribution >= 4 is 0 Å². The molecular weight excluding hydrogens is 176 g/mol. The molecule has 78 valence electrons. The predicted molar refractivity (Wildman–Crippen MR) is 54.6 cm³/mol. The molecule has 0 spiro atoms. The van der Waals surface area contributed by atoms with Crippen molar-refractivity contribution < 1.29 is 0 Å². The zero-order valence-electron chi connectivity index (χ0n) is 8.66. The van der Waals surface area contributed by atoms with Crippen LogP contribution < -0.4 is 5.32 Å². The van der Waals surface area contributed by atoms with E-state index in [-0.39, 0.29) is 0 Å². The van der Waals surface area contributed by atoms with Crippen molar-refractivity contribution in [2.45, 2.75) is 45.2 Å². The van der Waals surface area contributed by atoms with Crippen LogP contribution in [0.5, 0.6) is 0 Å². The molecule has 1 heterocycles. The molecule has 0 saturated heterocycles. The summed E-state index contributed by atoms with van der Waals surface area (Å²) in [5.41, 5.74) is 0. The van der Waals surface area contributed by atoms with Gasteiger partial charge in [0.15, 0.2) is 0 Å². The Bertz CT molecular complexity index is 253. The molecule has 0 amide bonds. The van der Waals surface area contributed by atoms with Crippen LogP contribution in [0.2, 0.25) is 0 Å². The summed E-state index contributed by atoms with van der Waals surface area (Å²) in [6, 6.07) is 0.588. The number of nitrogens with one attached hydrogen (secondary N) is 2. The fourth-order valence-electron chi connectivity index (χ4n) is 1.90. The zero-order chi connectivity index (χ0) is 9.80. The molecule has 2 N–H and O–H groups in total. The predicted octanol–water partition coefficient (Wildman–Crippen LogP) is 1.47. The highest BCUT2D eigenvalue weighted by atomic mass is 15.2. The molecule has 1 unspecified atom stereocenters. The van der Waals surface area contributed by atoms with Gasteiger partial charge in [0.2, 0.25) is 0 Å². The summed E-state index contributed by atoms with van der Waals surface area (Å²) in [5.74, 6) is 1.89. The Morgan fingerprint density at radius 2 is 2.50 bits per heavy atom. The molecule has 4 heteroatoms. The second-order valence-corrected chi connectivity index (χ2v) is 4.25. The van der Waals surface area contributed by atoms with Gasteiger partial charge in [-0.05, 0) is 19.3 Å². The summed E-state index contributed by atoms with van der Waals surface area (Å²) in [5, 5.41) is 10.1. The van der Waals surface area contributed by atoms with Crippen molar-refractivity contribution in [2.75, 3.05) is 0 Å². The summed E-state index contributed by atoms with van der Waals surface area (Å²) in [4.78, 5) is 4.07. The maximum absolute atomic E-state index is 4.07. The highest BCUT2D eigenvalue weighted by Crippen LogP contribution is 2.30. The Kier molecular flexibility index (Phi) is 3.14. The van der Waals surface area contributed by atoms with Gasteiger partial charge in [-0.2, -0.15) is 5.10 Å². The van der Waals surface area contributed by atoms with Crippen LogP contribution in [0, 0.1) is 5.92 Å². The fraction of sp³-hybridized carbons (Fsp3) is 0.800. The molecule has 0 radical (unpaired) electrons. The molecule has 1 aromatic heterocycles. The second kappa shape index (κ2) is 4.55. The van der Waals surface area contributed by atoms with Gasteiger partial charge in [0.25, 0.3) is 0 Å². The first kappa shape index (κ1) is 9.65. The molecule has 0 bridgehead atoms. The van der Waals surface area contributed by atoms with Crippen molar-refractivity contribution in [3.8, 4) is 0 Å². The van der Waals surface area contributed by atoms with Crippen LogP contribution in [0.15, 0.2) is 6.33 Å². The van der Waals surface area contributed by atoms with Gasteiger partial charge >= 0.3 is 0 Å². The standard InChI is InChI=1S/C10H18N4/c1-8(5-9-3-2-4-9)11-6-10-12-7-13-14-10/h7-9,11H,2-6H2,1H3,(H,12,13,14). The van der Waals surface area contributed by atoms with E-state index in [1.165, 1.54) is 25.7 Å². The molecule has 1 atom stereocenters. The average Bonchev–Trinajstić information content (AvgIpc) is 2.60. The number of rotatable bonds is 5. The zero-order valence-corrected chi connectivity index (χ0v) is 8.66. The second-order valence-electron chi connectivity index (χ2n) is 4.25. The number of hydrogen-bond acceptors (Lipinski definition) is 3. The molecule has 1 saturated carbocycles. The summed E-state index contributed by atoms with van der Waals surface area (Å²) < 4.78 is 0. The summed E-state index contributed by atoms with van der Waals surface area (Å²) in [7, 11) is 0. The topological polar surface area (TPSA) is 53.6 Å². The van der Waals surface area contributed by atoms with Crippen LogP contribution in [0.3, 0.4) is 0 Å². The van der Waals surface area contributed by atoms with Crippen LogP contribution in [-0.2, 0) is 6.54 Å². The molecule has 2 rings (SSSR count). The lowest BCUT2D eigenvalue weighted by Gasteiger charge is -2.28. The summed E-state index contributed by atoms with van der Waals surface area (Å²) in [6.07, 6.45) is 7.13. The lowest BCUT2D eigenvalue weighted by atomic mass is 9.81. The molecule has 1 aromatic rings. The molecule has 1 aliphatic carbocycles. The van der Waals surface area contributed by atoms with E-state index in [1.807, 2.05) is 0 Å². The van der Waals surface area contributed by atoms with Gasteiger partial charge < -0.3 is 5.32 Å². The number of hydrogen-bond donors (Lipinski definition) is 2. The van der Waals surface area contributed by atoms with Crippen LogP contribution in [0.4, 0.5) is 0 Å². The first-order valence-electron chi connectivity index (χ1n) is 5.42. The summed E-state index contributed by atoms with van der Waals surface area (Å²) >= 11 is 0. The van der Waals surface area contributed by atoms with E-state index in [1.54, 1.807) is 6.33 Å². The van der Waals surface area contributed by atoms with Crippen molar-refractivity contribution in [1.29, 1.82) is 0 Å². The molecular formula is C10H18N4. The minimum Gasteiger partial charge on any atom is -0.307 e. The number of aromatic amines is 1. The average molecular weight is 194 g/mol. The highest BCUT2D eigenvalue weighted by Gasteiger charge is 2.19. The molecule has 1 fully saturated rings.